The number of fused-ring (bicyclic) bond motifs is 1. The van der Waals surface area contributed by atoms with Gasteiger partial charge in [-0.2, -0.15) is 8.75 Å². The fourth-order valence-electron chi connectivity index (χ4n) is 0.873. The summed E-state index contributed by atoms with van der Waals surface area (Å²) < 4.78 is 14.0. The van der Waals surface area contributed by atoms with Gasteiger partial charge in [-0.05, 0) is 15.9 Å². The Morgan fingerprint density at radius 2 is 2.17 bits per heavy atom. The minimum atomic E-state index is 0.516. The highest BCUT2D eigenvalue weighted by atomic mass is 79.9. The number of hydrogen-bond donors (Lipinski definition) is 0. The number of aromatic nitrogens is 3. The fourth-order valence-corrected chi connectivity index (χ4v) is 1.92. The van der Waals surface area contributed by atoms with Gasteiger partial charge in [0, 0.05) is 6.20 Å². The smallest absolute Gasteiger partial charge is 0.243 e. The maximum Gasteiger partial charge on any atom is 0.243 e. The normalized spacial score (nSPS) is 10.5. The maximum atomic E-state index is 5.01. The summed E-state index contributed by atoms with van der Waals surface area (Å²) in [6.07, 6.45) is 1.66. The van der Waals surface area contributed by atoms with Crippen LogP contribution in [0.25, 0.3) is 11.0 Å². The standard InChI is InChI=1S/C6H4BrN3OS/c1-11-6-5-4(9-12-10-5)3(7)2-8-6/h2H,1H3. The van der Waals surface area contributed by atoms with E-state index in [1.54, 1.807) is 13.3 Å². The molecule has 2 aromatic heterocycles. The fraction of sp³-hybridized carbons (Fsp3) is 0.167. The molecule has 0 aliphatic carbocycles. The van der Waals surface area contributed by atoms with Gasteiger partial charge in [-0.3, -0.25) is 0 Å². The quantitative estimate of drug-likeness (QED) is 0.770. The molecule has 0 N–H and O–H groups in total. The van der Waals surface area contributed by atoms with Gasteiger partial charge in [-0.15, -0.1) is 0 Å². The van der Waals surface area contributed by atoms with Crippen LogP contribution in [0.3, 0.4) is 0 Å². The minimum absolute atomic E-state index is 0.516. The number of ether oxygens (including phenoxy) is 1. The molecule has 0 aliphatic rings. The highest BCUT2D eigenvalue weighted by Crippen LogP contribution is 2.26. The van der Waals surface area contributed by atoms with Crippen molar-refractivity contribution in [3.05, 3.63) is 10.7 Å². The van der Waals surface area contributed by atoms with E-state index in [1.807, 2.05) is 0 Å². The zero-order valence-corrected chi connectivity index (χ0v) is 8.52. The summed E-state index contributed by atoms with van der Waals surface area (Å²) in [5, 5.41) is 0. The molecule has 62 valence electrons. The summed E-state index contributed by atoms with van der Waals surface area (Å²) in [6, 6.07) is 0. The molecule has 0 saturated heterocycles. The highest BCUT2D eigenvalue weighted by molar-refractivity contribution is 9.10. The molecular weight excluding hydrogens is 242 g/mol. The molecule has 0 radical (unpaired) electrons. The second-order valence-electron chi connectivity index (χ2n) is 2.08. The summed E-state index contributed by atoms with van der Waals surface area (Å²) in [6.45, 7) is 0. The van der Waals surface area contributed by atoms with Crippen LogP contribution in [0.1, 0.15) is 0 Å². The van der Waals surface area contributed by atoms with E-state index in [0.717, 1.165) is 21.7 Å². The summed E-state index contributed by atoms with van der Waals surface area (Å²) in [7, 11) is 1.56. The molecule has 0 amide bonds. The van der Waals surface area contributed by atoms with Crippen molar-refractivity contribution in [2.24, 2.45) is 0 Å². The van der Waals surface area contributed by atoms with E-state index < -0.39 is 0 Å². The van der Waals surface area contributed by atoms with E-state index in [0.29, 0.717) is 11.4 Å². The van der Waals surface area contributed by atoms with Crippen LogP contribution in [0, 0.1) is 0 Å². The van der Waals surface area contributed by atoms with Crippen molar-refractivity contribution in [1.29, 1.82) is 0 Å². The Bertz CT molecular complexity index is 416. The van der Waals surface area contributed by atoms with Crippen molar-refractivity contribution in [3.8, 4) is 5.88 Å². The molecule has 0 aromatic carbocycles. The average molecular weight is 246 g/mol. The van der Waals surface area contributed by atoms with Gasteiger partial charge >= 0.3 is 0 Å². The number of hydrogen-bond acceptors (Lipinski definition) is 5. The first kappa shape index (κ1) is 7.88. The van der Waals surface area contributed by atoms with E-state index in [-0.39, 0.29) is 0 Å². The molecule has 0 bridgehead atoms. The third kappa shape index (κ3) is 1.07. The Morgan fingerprint density at radius 1 is 1.42 bits per heavy atom. The highest BCUT2D eigenvalue weighted by Gasteiger charge is 2.09. The molecule has 2 rings (SSSR count). The molecule has 6 heteroatoms. The third-order valence-electron chi connectivity index (χ3n) is 1.41. The summed E-state index contributed by atoms with van der Waals surface area (Å²) in [5.41, 5.74) is 1.50. The Hall–Kier alpha value is -0.750. The van der Waals surface area contributed by atoms with Crippen LogP contribution < -0.4 is 4.74 Å². The van der Waals surface area contributed by atoms with Crippen LogP contribution in [-0.4, -0.2) is 20.8 Å². The van der Waals surface area contributed by atoms with Crippen molar-refractivity contribution in [2.75, 3.05) is 7.11 Å². The Kier molecular flexibility index (Phi) is 1.93. The minimum Gasteiger partial charge on any atom is -0.479 e. The second kappa shape index (κ2) is 2.95. The van der Waals surface area contributed by atoms with E-state index in [4.69, 9.17) is 4.74 Å². The Labute approximate surface area is 81.0 Å². The van der Waals surface area contributed by atoms with Gasteiger partial charge in [-0.25, -0.2) is 4.98 Å². The molecule has 0 aliphatic heterocycles. The largest absolute Gasteiger partial charge is 0.479 e. The number of rotatable bonds is 1. The van der Waals surface area contributed by atoms with E-state index in [9.17, 15) is 0 Å². The van der Waals surface area contributed by atoms with Crippen molar-refractivity contribution in [1.82, 2.24) is 13.7 Å². The predicted octanol–water partition coefficient (Wildman–Crippen LogP) is 1.86. The third-order valence-corrected chi connectivity index (χ3v) is 2.51. The summed E-state index contributed by atoms with van der Waals surface area (Å²) in [5.74, 6) is 0.516. The molecule has 2 aromatic rings. The van der Waals surface area contributed by atoms with Gasteiger partial charge in [0.2, 0.25) is 5.88 Å². The van der Waals surface area contributed by atoms with E-state index in [2.05, 4.69) is 29.7 Å². The topological polar surface area (TPSA) is 47.9 Å². The van der Waals surface area contributed by atoms with Crippen molar-refractivity contribution >= 4 is 38.7 Å². The van der Waals surface area contributed by atoms with Crippen molar-refractivity contribution in [3.63, 3.8) is 0 Å². The van der Waals surface area contributed by atoms with Gasteiger partial charge < -0.3 is 4.74 Å². The van der Waals surface area contributed by atoms with Crippen LogP contribution in [-0.2, 0) is 0 Å². The first-order valence-electron chi connectivity index (χ1n) is 3.13. The monoisotopic (exact) mass is 245 g/mol. The van der Waals surface area contributed by atoms with E-state index in [1.165, 1.54) is 0 Å². The summed E-state index contributed by atoms with van der Waals surface area (Å²) >= 11 is 4.47. The van der Waals surface area contributed by atoms with Crippen LogP contribution in [0.4, 0.5) is 0 Å². The van der Waals surface area contributed by atoms with E-state index >= 15 is 0 Å². The number of methoxy groups -OCH3 is 1. The number of nitrogens with zero attached hydrogens (tertiary/aromatic N) is 3. The molecule has 4 nitrogen and oxygen atoms in total. The predicted molar refractivity (Wildman–Crippen MR) is 49.5 cm³/mol. The zero-order chi connectivity index (χ0) is 8.55. The Balaban J connectivity index is 2.82. The first-order valence-corrected chi connectivity index (χ1v) is 4.66. The van der Waals surface area contributed by atoms with Gasteiger partial charge in [-0.1, -0.05) is 0 Å². The molecule has 0 fully saturated rings. The van der Waals surface area contributed by atoms with Crippen LogP contribution in [0.15, 0.2) is 10.7 Å². The molecule has 12 heavy (non-hydrogen) atoms. The molecule has 0 saturated carbocycles. The van der Waals surface area contributed by atoms with Gasteiger partial charge in [0.25, 0.3) is 0 Å². The van der Waals surface area contributed by atoms with Crippen molar-refractivity contribution < 1.29 is 4.74 Å². The van der Waals surface area contributed by atoms with Crippen LogP contribution in [0.5, 0.6) is 5.88 Å². The molecule has 0 unspecified atom stereocenters. The van der Waals surface area contributed by atoms with Gasteiger partial charge in [0.15, 0.2) is 5.52 Å². The van der Waals surface area contributed by atoms with Crippen LogP contribution >= 0.6 is 27.7 Å². The lowest BCUT2D eigenvalue weighted by molar-refractivity contribution is 0.402. The molecular formula is C6H4BrN3OS. The first-order chi connectivity index (χ1) is 5.83. The maximum absolute atomic E-state index is 5.01. The van der Waals surface area contributed by atoms with Gasteiger partial charge in [0.05, 0.1) is 23.3 Å². The van der Waals surface area contributed by atoms with Crippen LogP contribution in [0.2, 0.25) is 0 Å². The molecule has 0 spiro atoms. The SMILES string of the molecule is COc1ncc(Br)c2nsnc12. The number of halogens is 1. The number of pyridine rings is 1. The second-order valence-corrected chi connectivity index (χ2v) is 3.46. The lowest BCUT2D eigenvalue weighted by Gasteiger charge is -1.97. The average Bonchev–Trinajstić information content (AvgIpc) is 2.54. The molecule has 2 heterocycles. The summed E-state index contributed by atoms with van der Waals surface area (Å²) in [4.78, 5) is 4.03. The van der Waals surface area contributed by atoms with Crippen molar-refractivity contribution in [2.45, 2.75) is 0 Å². The lowest BCUT2D eigenvalue weighted by Crippen LogP contribution is -1.88. The van der Waals surface area contributed by atoms with Gasteiger partial charge in [0.1, 0.15) is 5.52 Å². The zero-order valence-electron chi connectivity index (χ0n) is 6.11. The lowest BCUT2D eigenvalue weighted by atomic mass is 10.4. The Morgan fingerprint density at radius 3 is 2.92 bits per heavy atom. The molecule has 0 atom stereocenters.